The topological polar surface area (TPSA) is 35.8 Å². The summed E-state index contributed by atoms with van der Waals surface area (Å²) in [6, 6.07) is 0. The molecule has 0 aliphatic carbocycles. The van der Waals surface area contributed by atoms with Gasteiger partial charge in [0.25, 0.3) is 0 Å². The number of hydrogen-bond acceptors (Lipinski definition) is 3. The standard InChI is InChI=1S/C16H30N2O/c1-3-4-5-6-7-8-9-10-11-12-16-17-13-14-18(16)15(2)19/h6-7,15,19H,3-5,8-14H2,1-2H3/b7-6+. The molecular weight excluding hydrogens is 236 g/mol. The van der Waals surface area contributed by atoms with Crippen LogP contribution in [0.2, 0.25) is 0 Å². The molecule has 0 aromatic rings. The molecule has 1 N–H and O–H groups in total. The molecule has 3 nitrogen and oxygen atoms in total. The van der Waals surface area contributed by atoms with Gasteiger partial charge in [0.1, 0.15) is 12.1 Å². The van der Waals surface area contributed by atoms with E-state index in [9.17, 15) is 5.11 Å². The van der Waals surface area contributed by atoms with Crippen molar-refractivity contribution < 1.29 is 5.11 Å². The van der Waals surface area contributed by atoms with Gasteiger partial charge in [-0.05, 0) is 32.6 Å². The lowest BCUT2D eigenvalue weighted by atomic mass is 10.1. The largest absolute Gasteiger partial charge is 0.374 e. The van der Waals surface area contributed by atoms with Crippen molar-refractivity contribution in [2.75, 3.05) is 13.1 Å². The number of nitrogens with zero attached hydrogens (tertiary/aromatic N) is 2. The minimum absolute atomic E-state index is 0.386. The lowest BCUT2D eigenvalue weighted by Gasteiger charge is -2.23. The molecule has 1 unspecified atom stereocenters. The molecule has 110 valence electrons. The number of rotatable bonds is 10. The number of allylic oxidation sites excluding steroid dienone is 2. The van der Waals surface area contributed by atoms with Gasteiger partial charge in [0, 0.05) is 13.0 Å². The van der Waals surface area contributed by atoms with Crippen LogP contribution in [0.4, 0.5) is 0 Å². The summed E-state index contributed by atoms with van der Waals surface area (Å²) in [4.78, 5) is 6.49. The zero-order chi connectivity index (χ0) is 13.9. The Balaban J connectivity index is 2.00. The Morgan fingerprint density at radius 3 is 2.63 bits per heavy atom. The van der Waals surface area contributed by atoms with Gasteiger partial charge in [-0.2, -0.15) is 0 Å². The molecule has 0 amide bonds. The van der Waals surface area contributed by atoms with Crippen LogP contribution in [0.5, 0.6) is 0 Å². The Morgan fingerprint density at radius 1 is 1.21 bits per heavy atom. The normalized spacial score (nSPS) is 17.2. The third kappa shape index (κ3) is 6.76. The zero-order valence-electron chi connectivity index (χ0n) is 12.6. The van der Waals surface area contributed by atoms with Gasteiger partial charge < -0.3 is 10.0 Å². The highest BCUT2D eigenvalue weighted by Gasteiger charge is 2.19. The molecule has 1 aliphatic rings. The van der Waals surface area contributed by atoms with Crippen molar-refractivity contribution in [3.63, 3.8) is 0 Å². The molecule has 0 aromatic carbocycles. The Hall–Kier alpha value is -0.830. The fourth-order valence-electron chi connectivity index (χ4n) is 2.41. The Labute approximate surface area is 118 Å². The van der Waals surface area contributed by atoms with Gasteiger partial charge in [0.05, 0.1) is 6.54 Å². The highest BCUT2D eigenvalue weighted by molar-refractivity contribution is 5.83. The average Bonchev–Trinajstić information content (AvgIpc) is 2.85. The van der Waals surface area contributed by atoms with E-state index in [1.165, 1.54) is 44.9 Å². The van der Waals surface area contributed by atoms with E-state index in [-0.39, 0.29) is 6.23 Å². The van der Waals surface area contributed by atoms with Crippen LogP contribution in [0.15, 0.2) is 17.1 Å². The maximum Gasteiger partial charge on any atom is 0.125 e. The van der Waals surface area contributed by atoms with E-state index in [0.717, 1.165) is 25.3 Å². The monoisotopic (exact) mass is 266 g/mol. The number of aliphatic hydroxyl groups is 1. The molecule has 0 bridgehead atoms. The minimum atomic E-state index is -0.386. The number of aliphatic imine (C=N–C) groups is 1. The molecule has 1 heterocycles. The Bertz CT molecular complexity index is 284. The van der Waals surface area contributed by atoms with Gasteiger partial charge in [-0.15, -0.1) is 0 Å². The highest BCUT2D eigenvalue weighted by atomic mass is 16.3. The van der Waals surface area contributed by atoms with Gasteiger partial charge in [-0.25, -0.2) is 0 Å². The molecule has 3 heteroatoms. The smallest absolute Gasteiger partial charge is 0.125 e. The van der Waals surface area contributed by atoms with Crippen molar-refractivity contribution in [3.8, 4) is 0 Å². The van der Waals surface area contributed by atoms with Crippen LogP contribution in [0.1, 0.15) is 65.2 Å². The predicted octanol–water partition coefficient (Wildman–Crippen LogP) is 3.74. The first kappa shape index (κ1) is 16.2. The molecular formula is C16H30N2O. The van der Waals surface area contributed by atoms with Crippen molar-refractivity contribution in [1.82, 2.24) is 4.90 Å². The van der Waals surface area contributed by atoms with E-state index in [2.05, 4.69) is 24.1 Å². The quantitative estimate of drug-likeness (QED) is 0.483. The van der Waals surface area contributed by atoms with Gasteiger partial charge in [0.2, 0.25) is 0 Å². The van der Waals surface area contributed by atoms with Gasteiger partial charge in [-0.3, -0.25) is 4.99 Å². The van der Waals surface area contributed by atoms with Crippen LogP contribution in [0.3, 0.4) is 0 Å². The van der Waals surface area contributed by atoms with Crippen molar-refractivity contribution in [2.24, 2.45) is 4.99 Å². The second-order valence-corrected chi connectivity index (χ2v) is 5.34. The number of amidine groups is 1. The lowest BCUT2D eigenvalue weighted by molar-refractivity contribution is 0.0766. The van der Waals surface area contributed by atoms with Crippen molar-refractivity contribution in [3.05, 3.63) is 12.2 Å². The summed E-state index contributed by atoms with van der Waals surface area (Å²) in [6.07, 6.45) is 14.0. The van der Waals surface area contributed by atoms with Crippen molar-refractivity contribution >= 4 is 5.84 Å². The number of aliphatic hydroxyl groups excluding tert-OH is 1. The molecule has 0 spiro atoms. The Kier molecular flexibility index (Phi) is 8.55. The maximum atomic E-state index is 9.60. The summed E-state index contributed by atoms with van der Waals surface area (Å²) in [7, 11) is 0. The van der Waals surface area contributed by atoms with Crippen LogP contribution < -0.4 is 0 Å². The van der Waals surface area contributed by atoms with E-state index >= 15 is 0 Å². The average molecular weight is 266 g/mol. The SMILES string of the molecule is CCCC/C=C/CCCCCC1=NCCN1C(C)O. The first-order valence-electron chi connectivity index (χ1n) is 7.88. The molecule has 0 fully saturated rings. The summed E-state index contributed by atoms with van der Waals surface area (Å²) in [6.45, 7) is 5.78. The fraction of sp³-hybridized carbons (Fsp3) is 0.812. The summed E-state index contributed by atoms with van der Waals surface area (Å²) < 4.78 is 0. The first-order chi connectivity index (χ1) is 9.25. The predicted molar refractivity (Wildman–Crippen MR) is 82.4 cm³/mol. The van der Waals surface area contributed by atoms with Crippen LogP contribution in [0.25, 0.3) is 0 Å². The van der Waals surface area contributed by atoms with Crippen molar-refractivity contribution in [2.45, 2.75) is 71.4 Å². The second kappa shape index (κ2) is 10.0. The number of unbranched alkanes of at least 4 members (excludes halogenated alkanes) is 5. The van der Waals surface area contributed by atoms with E-state index in [4.69, 9.17) is 0 Å². The molecule has 1 aliphatic heterocycles. The van der Waals surface area contributed by atoms with E-state index in [0.29, 0.717) is 0 Å². The van der Waals surface area contributed by atoms with Gasteiger partial charge in [-0.1, -0.05) is 38.3 Å². The molecule has 1 rings (SSSR count). The summed E-state index contributed by atoms with van der Waals surface area (Å²) >= 11 is 0. The molecule has 0 saturated carbocycles. The van der Waals surface area contributed by atoms with E-state index in [1.54, 1.807) is 0 Å². The van der Waals surface area contributed by atoms with Gasteiger partial charge >= 0.3 is 0 Å². The van der Waals surface area contributed by atoms with E-state index in [1.807, 2.05) is 11.8 Å². The van der Waals surface area contributed by atoms with Crippen LogP contribution in [-0.4, -0.2) is 35.2 Å². The molecule has 1 atom stereocenters. The zero-order valence-corrected chi connectivity index (χ0v) is 12.6. The summed E-state index contributed by atoms with van der Waals surface area (Å²) in [5, 5.41) is 9.60. The van der Waals surface area contributed by atoms with Crippen molar-refractivity contribution in [1.29, 1.82) is 0 Å². The van der Waals surface area contributed by atoms with E-state index < -0.39 is 0 Å². The molecule has 0 aromatic heterocycles. The molecule has 0 saturated heterocycles. The third-order valence-electron chi connectivity index (χ3n) is 3.58. The molecule has 19 heavy (non-hydrogen) atoms. The summed E-state index contributed by atoms with van der Waals surface area (Å²) in [5.41, 5.74) is 0. The lowest BCUT2D eigenvalue weighted by Crippen LogP contribution is -2.35. The fourth-order valence-corrected chi connectivity index (χ4v) is 2.41. The Morgan fingerprint density at radius 2 is 1.95 bits per heavy atom. The maximum absolute atomic E-state index is 9.60. The minimum Gasteiger partial charge on any atom is -0.374 e. The summed E-state index contributed by atoms with van der Waals surface area (Å²) in [5.74, 6) is 1.11. The number of hydrogen-bond donors (Lipinski definition) is 1. The van der Waals surface area contributed by atoms with Crippen LogP contribution in [0, 0.1) is 0 Å². The van der Waals surface area contributed by atoms with Gasteiger partial charge in [0.15, 0.2) is 0 Å². The van der Waals surface area contributed by atoms with Crippen LogP contribution in [-0.2, 0) is 0 Å². The highest BCUT2D eigenvalue weighted by Crippen LogP contribution is 2.12. The molecule has 0 radical (unpaired) electrons. The first-order valence-corrected chi connectivity index (χ1v) is 7.88. The third-order valence-corrected chi connectivity index (χ3v) is 3.58. The second-order valence-electron chi connectivity index (χ2n) is 5.34. The van der Waals surface area contributed by atoms with Crippen LogP contribution >= 0.6 is 0 Å².